The van der Waals surface area contributed by atoms with Gasteiger partial charge in [0.05, 0.1) is 33.5 Å². The first-order chi connectivity index (χ1) is 23.8. The number of nitrogens with zero attached hydrogens (tertiary/aromatic N) is 2. The molecular weight excluding hydrogens is 589 g/mol. The van der Waals surface area contributed by atoms with Crippen molar-refractivity contribution in [1.29, 1.82) is 0 Å². The van der Waals surface area contributed by atoms with Crippen LogP contribution in [0.4, 0.5) is 0 Å². The van der Waals surface area contributed by atoms with Gasteiger partial charge in [-0.25, -0.2) is 0 Å². The minimum atomic E-state index is 0.868. The third-order valence-electron chi connectivity index (χ3n) is 8.87. The molecule has 0 fully saturated rings. The van der Waals surface area contributed by atoms with Gasteiger partial charge in [0, 0.05) is 56.8 Å². The molecule has 8 aromatic rings. The molecule has 0 unspecified atom stereocenters. The van der Waals surface area contributed by atoms with Gasteiger partial charge in [-0.1, -0.05) is 72.8 Å². The predicted molar refractivity (Wildman–Crippen MR) is 189 cm³/mol. The minimum Gasteiger partial charge on any atom is -0.354 e. The molecule has 7 heterocycles. The Hall–Kier alpha value is -6.66. The molecule has 6 nitrogen and oxygen atoms in total. The summed E-state index contributed by atoms with van der Waals surface area (Å²) in [6, 6.07) is 50.3. The number of hydrogen-bond donors (Lipinski definition) is 4. The average molecular weight is 619 g/mol. The smallest absolute Gasteiger partial charge is 0.0743 e. The zero-order valence-electron chi connectivity index (χ0n) is 25.9. The number of aromatic nitrogens is 6. The number of rotatable bonds is 4. The van der Waals surface area contributed by atoms with Crippen molar-refractivity contribution >= 4 is 22.3 Å². The van der Waals surface area contributed by atoms with Crippen molar-refractivity contribution in [2.75, 3.05) is 0 Å². The molecule has 0 saturated heterocycles. The summed E-state index contributed by atoms with van der Waals surface area (Å²) in [5.74, 6) is 0. The van der Waals surface area contributed by atoms with E-state index in [-0.39, 0.29) is 0 Å². The van der Waals surface area contributed by atoms with E-state index in [1.807, 2.05) is 36.7 Å². The Morgan fingerprint density at radius 2 is 0.646 bits per heavy atom. The molecule has 0 atom stereocenters. The maximum absolute atomic E-state index is 4.79. The maximum atomic E-state index is 4.79. The van der Waals surface area contributed by atoms with E-state index in [0.717, 1.165) is 89.0 Å². The fraction of sp³-hybridized carbons (Fsp3) is 0. The molecular formula is C42H30N6. The van der Waals surface area contributed by atoms with Crippen LogP contribution in [0.2, 0.25) is 0 Å². The molecule has 8 bridgehead atoms. The van der Waals surface area contributed by atoms with Crippen LogP contribution in [0, 0.1) is 0 Å². The zero-order valence-corrected chi connectivity index (χ0v) is 25.9. The molecule has 1 aliphatic rings. The monoisotopic (exact) mass is 618 g/mol. The van der Waals surface area contributed by atoms with Gasteiger partial charge in [-0.2, -0.15) is 0 Å². The molecule has 6 heteroatoms. The molecule has 1 aliphatic heterocycles. The highest BCUT2D eigenvalue weighted by molar-refractivity contribution is 5.83. The summed E-state index contributed by atoms with van der Waals surface area (Å²) in [6.07, 6.45) is 3.67. The summed E-state index contributed by atoms with van der Waals surface area (Å²) in [5, 5.41) is 3.92. The zero-order chi connectivity index (χ0) is 31.9. The highest BCUT2D eigenvalue weighted by atomic mass is 14.8. The quantitative estimate of drug-likeness (QED) is 0.222. The summed E-state index contributed by atoms with van der Waals surface area (Å²) in [5.41, 5.74) is 12.0. The molecule has 0 radical (unpaired) electrons. The Kier molecular flexibility index (Phi) is 6.68. The number of benzene rings is 2. The van der Waals surface area contributed by atoms with E-state index in [4.69, 9.17) is 9.97 Å². The summed E-state index contributed by atoms with van der Waals surface area (Å²) >= 11 is 0. The third-order valence-corrected chi connectivity index (χ3v) is 8.87. The second-order valence-electron chi connectivity index (χ2n) is 11.8. The second kappa shape index (κ2) is 11.6. The SMILES string of the molecule is c1ccc(C2=c3ccc([nH]3)=C(c3ccccc3)c3ccc([nH]3)C(c3ccccn3)=c3ccc([nH]3)=C(c3ccccn3)c3ccc2[nH]3)cc1. The standard InChI is InChI=1S/C42H30N6/c1-3-11-27(12-4-1)39-31-17-18-32(45-31)40(28-13-5-2-6-14-28)34-20-22-36(47-34)42(30-16-8-10-26-44-30)38-24-23-37(48-38)41(29-15-7-9-25-43-29)35-21-19-33(39)46-35/h1-26,45-48H. The number of hydrogen-bond acceptors (Lipinski definition) is 2. The van der Waals surface area contributed by atoms with Crippen LogP contribution in [0.5, 0.6) is 0 Å². The fourth-order valence-electron chi connectivity index (χ4n) is 6.73. The topological polar surface area (TPSA) is 88.9 Å². The Morgan fingerprint density at radius 1 is 0.292 bits per heavy atom. The lowest BCUT2D eigenvalue weighted by Crippen LogP contribution is -2.19. The van der Waals surface area contributed by atoms with Crippen LogP contribution in [0.25, 0.3) is 22.3 Å². The van der Waals surface area contributed by atoms with Crippen LogP contribution in [0.3, 0.4) is 0 Å². The Labute approximate surface area is 276 Å². The van der Waals surface area contributed by atoms with Crippen LogP contribution in [-0.4, -0.2) is 29.9 Å². The highest BCUT2D eigenvalue weighted by Crippen LogP contribution is 2.26. The number of pyridine rings is 2. The fourth-order valence-corrected chi connectivity index (χ4v) is 6.73. The normalized spacial score (nSPS) is 12.8. The van der Waals surface area contributed by atoms with E-state index < -0.39 is 0 Å². The van der Waals surface area contributed by atoms with Crippen molar-refractivity contribution in [3.05, 3.63) is 225 Å². The van der Waals surface area contributed by atoms with Gasteiger partial charge < -0.3 is 19.9 Å². The lowest BCUT2D eigenvalue weighted by molar-refractivity contribution is 1.16. The van der Waals surface area contributed by atoms with Gasteiger partial charge in [0.2, 0.25) is 0 Å². The number of aromatic amines is 4. The molecule has 0 amide bonds. The third kappa shape index (κ3) is 4.84. The van der Waals surface area contributed by atoms with Gasteiger partial charge in [-0.15, -0.1) is 0 Å². The van der Waals surface area contributed by atoms with Gasteiger partial charge in [0.25, 0.3) is 0 Å². The van der Waals surface area contributed by atoms with Crippen molar-refractivity contribution in [2.24, 2.45) is 0 Å². The molecule has 0 aliphatic carbocycles. The van der Waals surface area contributed by atoms with Crippen LogP contribution < -0.4 is 21.4 Å². The Bertz CT molecular complexity index is 2280. The highest BCUT2D eigenvalue weighted by Gasteiger charge is 2.18. The average Bonchev–Trinajstić information content (AvgIpc) is 3.98. The summed E-state index contributed by atoms with van der Waals surface area (Å²) in [4.78, 5) is 24.8. The predicted octanol–water partition coefficient (Wildman–Crippen LogP) is 5.09. The molecule has 2 aromatic carbocycles. The van der Waals surface area contributed by atoms with Crippen LogP contribution in [-0.2, 0) is 0 Å². The molecule has 48 heavy (non-hydrogen) atoms. The van der Waals surface area contributed by atoms with E-state index in [0.29, 0.717) is 0 Å². The first-order valence-electron chi connectivity index (χ1n) is 16.0. The van der Waals surface area contributed by atoms with Crippen molar-refractivity contribution in [3.63, 3.8) is 0 Å². The van der Waals surface area contributed by atoms with Crippen LogP contribution >= 0.6 is 0 Å². The summed E-state index contributed by atoms with van der Waals surface area (Å²) in [7, 11) is 0. The number of fused-ring (bicyclic) bond motifs is 8. The first kappa shape index (κ1) is 27.6. The number of H-pyrrole nitrogens is 4. The van der Waals surface area contributed by atoms with Crippen LogP contribution in [0.15, 0.2) is 158 Å². The van der Waals surface area contributed by atoms with E-state index in [1.165, 1.54) is 0 Å². The first-order valence-corrected chi connectivity index (χ1v) is 16.0. The Morgan fingerprint density at radius 3 is 1.02 bits per heavy atom. The summed E-state index contributed by atoms with van der Waals surface area (Å²) < 4.78 is 0. The molecule has 0 saturated carbocycles. The molecule has 4 N–H and O–H groups in total. The van der Waals surface area contributed by atoms with Gasteiger partial charge in [-0.05, 0) is 83.9 Å². The number of nitrogens with one attached hydrogen (secondary N) is 4. The van der Waals surface area contributed by atoms with Crippen molar-refractivity contribution in [3.8, 4) is 0 Å². The van der Waals surface area contributed by atoms with Crippen molar-refractivity contribution in [2.45, 2.75) is 0 Å². The molecule has 228 valence electrons. The van der Waals surface area contributed by atoms with E-state index in [9.17, 15) is 0 Å². The van der Waals surface area contributed by atoms with E-state index in [2.05, 4.69) is 141 Å². The van der Waals surface area contributed by atoms with Crippen molar-refractivity contribution in [1.82, 2.24) is 29.9 Å². The van der Waals surface area contributed by atoms with Gasteiger partial charge in [0.15, 0.2) is 0 Å². The van der Waals surface area contributed by atoms with Gasteiger partial charge in [0.1, 0.15) is 0 Å². The largest absolute Gasteiger partial charge is 0.354 e. The van der Waals surface area contributed by atoms with Gasteiger partial charge in [-0.3, -0.25) is 9.97 Å². The minimum absolute atomic E-state index is 0.868. The van der Waals surface area contributed by atoms with Crippen molar-refractivity contribution < 1.29 is 0 Å². The second-order valence-corrected chi connectivity index (χ2v) is 11.8. The lowest BCUT2D eigenvalue weighted by Gasteiger charge is -2.09. The molecule has 0 spiro atoms. The Balaban J connectivity index is 1.44. The lowest BCUT2D eigenvalue weighted by atomic mass is 10.0. The maximum Gasteiger partial charge on any atom is 0.0743 e. The van der Waals surface area contributed by atoms with Gasteiger partial charge >= 0.3 is 0 Å². The van der Waals surface area contributed by atoms with Crippen LogP contribution in [0.1, 0.15) is 45.3 Å². The van der Waals surface area contributed by atoms with E-state index >= 15 is 0 Å². The summed E-state index contributed by atoms with van der Waals surface area (Å²) in [6.45, 7) is 0. The molecule has 9 rings (SSSR count). The van der Waals surface area contributed by atoms with E-state index in [1.54, 1.807) is 0 Å². The molecule has 6 aromatic heterocycles.